The molecule has 1 aliphatic rings. The average Bonchev–Trinajstić information content (AvgIpc) is 2.59. The van der Waals surface area contributed by atoms with Gasteiger partial charge in [0, 0.05) is 13.1 Å². The van der Waals surface area contributed by atoms with Crippen LogP contribution in [0.1, 0.15) is 31.7 Å². The van der Waals surface area contributed by atoms with E-state index in [0.29, 0.717) is 5.92 Å². The molecule has 0 atom stereocenters. The molecule has 98 valence electrons. The summed E-state index contributed by atoms with van der Waals surface area (Å²) in [5.41, 5.74) is 8.75. The van der Waals surface area contributed by atoms with E-state index in [1.807, 2.05) is 6.07 Å². The first-order valence-corrected chi connectivity index (χ1v) is 6.51. The Morgan fingerprint density at radius 2 is 2.28 bits per heavy atom. The van der Waals surface area contributed by atoms with Crippen LogP contribution in [0.3, 0.4) is 0 Å². The summed E-state index contributed by atoms with van der Waals surface area (Å²) >= 11 is 0. The van der Waals surface area contributed by atoms with Gasteiger partial charge in [0.15, 0.2) is 0 Å². The van der Waals surface area contributed by atoms with Crippen molar-refractivity contribution < 1.29 is 4.79 Å². The highest BCUT2D eigenvalue weighted by Crippen LogP contribution is 2.31. The number of fused-ring (bicyclic) bond motifs is 1. The summed E-state index contributed by atoms with van der Waals surface area (Å²) in [4.78, 5) is 13.7. The predicted octanol–water partition coefficient (Wildman–Crippen LogP) is 1.92. The molecule has 1 amide bonds. The van der Waals surface area contributed by atoms with Crippen LogP contribution in [-0.4, -0.2) is 25.5 Å². The van der Waals surface area contributed by atoms with Gasteiger partial charge in [-0.05, 0) is 30.0 Å². The van der Waals surface area contributed by atoms with Crippen LogP contribution in [0.5, 0.6) is 0 Å². The molecular weight excluding hydrogens is 226 g/mol. The Kier molecular flexibility index (Phi) is 3.87. The van der Waals surface area contributed by atoms with E-state index in [9.17, 15) is 4.79 Å². The molecule has 0 radical (unpaired) electrons. The maximum absolute atomic E-state index is 11.9. The standard InChI is InChI=1S/C14H21N3O/c1-10(2)11-4-5-13-12(8-11)16-6-3-7-17(13)14(18)9-15/h4-5,8,10,16H,3,6-7,9,15H2,1-2H3. The number of hydrogen-bond donors (Lipinski definition) is 2. The Hall–Kier alpha value is -1.55. The van der Waals surface area contributed by atoms with Gasteiger partial charge >= 0.3 is 0 Å². The molecule has 1 aromatic rings. The lowest BCUT2D eigenvalue weighted by molar-refractivity contribution is -0.117. The van der Waals surface area contributed by atoms with Crippen molar-refractivity contribution in [3.8, 4) is 0 Å². The molecule has 1 aromatic carbocycles. The Bertz CT molecular complexity index is 443. The number of rotatable bonds is 2. The average molecular weight is 247 g/mol. The van der Waals surface area contributed by atoms with Crippen molar-refractivity contribution in [3.63, 3.8) is 0 Å². The summed E-state index contributed by atoms with van der Waals surface area (Å²) in [5.74, 6) is 0.469. The minimum Gasteiger partial charge on any atom is -0.383 e. The van der Waals surface area contributed by atoms with E-state index < -0.39 is 0 Å². The molecule has 1 aliphatic heterocycles. The lowest BCUT2D eigenvalue weighted by Crippen LogP contribution is -2.36. The molecule has 18 heavy (non-hydrogen) atoms. The first-order valence-electron chi connectivity index (χ1n) is 6.51. The second-order valence-electron chi connectivity index (χ2n) is 4.96. The number of nitrogens with two attached hydrogens (primary N) is 1. The van der Waals surface area contributed by atoms with Crippen molar-refractivity contribution in [3.05, 3.63) is 23.8 Å². The lowest BCUT2D eigenvalue weighted by atomic mass is 10.0. The van der Waals surface area contributed by atoms with Gasteiger partial charge in [-0.1, -0.05) is 19.9 Å². The van der Waals surface area contributed by atoms with Crippen molar-refractivity contribution >= 4 is 17.3 Å². The fourth-order valence-electron chi connectivity index (χ4n) is 2.24. The molecule has 0 unspecified atom stereocenters. The summed E-state index contributed by atoms with van der Waals surface area (Å²) in [6, 6.07) is 6.26. The second kappa shape index (κ2) is 5.40. The third-order valence-corrected chi connectivity index (χ3v) is 3.33. The second-order valence-corrected chi connectivity index (χ2v) is 4.96. The van der Waals surface area contributed by atoms with Crippen LogP contribution in [0.25, 0.3) is 0 Å². The van der Waals surface area contributed by atoms with Gasteiger partial charge in [-0.25, -0.2) is 0 Å². The van der Waals surface area contributed by atoms with E-state index in [1.165, 1.54) is 5.56 Å². The van der Waals surface area contributed by atoms with Crippen molar-refractivity contribution in [2.45, 2.75) is 26.2 Å². The summed E-state index contributed by atoms with van der Waals surface area (Å²) in [6.45, 7) is 6.02. The smallest absolute Gasteiger partial charge is 0.240 e. The third-order valence-electron chi connectivity index (χ3n) is 3.33. The number of nitrogens with zero attached hydrogens (tertiary/aromatic N) is 1. The van der Waals surface area contributed by atoms with Crippen LogP contribution < -0.4 is 16.0 Å². The normalized spacial score (nSPS) is 15.0. The van der Waals surface area contributed by atoms with Crippen molar-refractivity contribution in [1.82, 2.24) is 0 Å². The van der Waals surface area contributed by atoms with Crippen LogP contribution >= 0.6 is 0 Å². The monoisotopic (exact) mass is 247 g/mol. The van der Waals surface area contributed by atoms with Crippen molar-refractivity contribution in [2.24, 2.45) is 5.73 Å². The van der Waals surface area contributed by atoms with Gasteiger partial charge in [-0.2, -0.15) is 0 Å². The Morgan fingerprint density at radius 1 is 1.50 bits per heavy atom. The van der Waals surface area contributed by atoms with E-state index in [-0.39, 0.29) is 12.5 Å². The van der Waals surface area contributed by atoms with Crippen LogP contribution in [0, 0.1) is 0 Å². The molecule has 0 aliphatic carbocycles. The largest absolute Gasteiger partial charge is 0.383 e. The summed E-state index contributed by atoms with van der Waals surface area (Å²) in [6.07, 6.45) is 0.942. The van der Waals surface area contributed by atoms with E-state index in [1.54, 1.807) is 4.90 Å². The molecule has 4 nitrogen and oxygen atoms in total. The first-order chi connectivity index (χ1) is 8.63. The van der Waals surface area contributed by atoms with Gasteiger partial charge in [-0.15, -0.1) is 0 Å². The van der Waals surface area contributed by atoms with Crippen molar-refractivity contribution in [2.75, 3.05) is 29.9 Å². The first kappa shape index (κ1) is 12.9. The van der Waals surface area contributed by atoms with Crippen LogP contribution in [0.2, 0.25) is 0 Å². The maximum Gasteiger partial charge on any atom is 0.240 e. The minimum atomic E-state index is -0.0164. The number of benzene rings is 1. The van der Waals surface area contributed by atoms with Gasteiger partial charge in [0.2, 0.25) is 5.91 Å². The topological polar surface area (TPSA) is 58.4 Å². The molecular formula is C14H21N3O. The van der Waals surface area contributed by atoms with E-state index >= 15 is 0 Å². The number of amides is 1. The molecule has 0 spiro atoms. The van der Waals surface area contributed by atoms with Crippen LogP contribution in [-0.2, 0) is 4.79 Å². The fraction of sp³-hybridized carbons (Fsp3) is 0.500. The molecule has 0 bridgehead atoms. The molecule has 0 saturated heterocycles. The van der Waals surface area contributed by atoms with E-state index in [0.717, 1.165) is 30.9 Å². The SMILES string of the molecule is CC(C)c1ccc2c(c1)NCCCN2C(=O)CN. The summed E-state index contributed by atoms with van der Waals surface area (Å²) in [5, 5.41) is 3.39. The zero-order valence-corrected chi connectivity index (χ0v) is 11.1. The van der Waals surface area contributed by atoms with Crippen molar-refractivity contribution in [1.29, 1.82) is 0 Å². The zero-order chi connectivity index (χ0) is 13.1. The highest BCUT2D eigenvalue weighted by molar-refractivity contribution is 5.98. The number of carbonyl (C=O) groups excluding carboxylic acids is 1. The highest BCUT2D eigenvalue weighted by atomic mass is 16.2. The molecule has 2 rings (SSSR count). The molecule has 0 fully saturated rings. The van der Waals surface area contributed by atoms with Gasteiger partial charge in [0.05, 0.1) is 17.9 Å². The van der Waals surface area contributed by atoms with Gasteiger partial charge in [-0.3, -0.25) is 4.79 Å². The van der Waals surface area contributed by atoms with Gasteiger partial charge in [0.25, 0.3) is 0 Å². The lowest BCUT2D eigenvalue weighted by Gasteiger charge is -2.22. The highest BCUT2D eigenvalue weighted by Gasteiger charge is 2.20. The fourth-order valence-corrected chi connectivity index (χ4v) is 2.24. The van der Waals surface area contributed by atoms with Crippen LogP contribution in [0.15, 0.2) is 18.2 Å². The quantitative estimate of drug-likeness (QED) is 0.839. The molecule has 0 saturated carbocycles. The number of carbonyl (C=O) groups is 1. The third kappa shape index (κ3) is 2.48. The Balaban J connectivity index is 2.40. The molecule has 1 heterocycles. The number of hydrogen-bond acceptors (Lipinski definition) is 3. The Labute approximate surface area is 108 Å². The van der Waals surface area contributed by atoms with E-state index in [4.69, 9.17) is 5.73 Å². The Morgan fingerprint density at radius 3 is 2.94 bits per heavy atom. The minimum absolute atomic E-state index is 0.0164. The summed E-state index contributed by atoms with van der Waals surface area (Å²) < 4.78 is 0. The molecule has 0 aromatic heterocycles. The number of anilines is 2. The molecule has 3 N–H and O–H groups in total. The zero-order valence-electron chi connectivity index (χ0n) is 11.1. The predicted molar refractivity (Wildman–Crippen MR) is 75.0 cm³/mol. The van der Waals surface area contributed by atoms with Crippen LogP contribution in [0.4, 0.5) is 11.4 Å². The summed E-state index contributed by atoms with van der Waals surface area (Å²) in [7, 11) is 0. The van der Waals surface area contributed by atoms with Gasteiger partial charge in [0.1, 0.15) is 0 Å². The maximum atomic E-state index is 11.9. The van der Waals surface area contributed by atoms with Gasteiger partial charge < -0.3 is 16.0 Å². The number of nitrogens with one attached hydrogen (secondary N) is 1. The molecule has 4 heteroatoms. The van der Waals surface area contributed by atoms with E-state index in [2.05, 4.69) is 31.3 Å².